The Hall–Kier alpha value is -1.84. The Kier molecular flexibility index (Phi) is 2.58. The monoisotopic (exact) mass is 243 g/mol. The molecule has 4 heteroatoms. The number of hydrogen-bond acceptors (Lipinski definition) is 2. The van der Waals surface area contributed by atoms with Gasteiger partial charge in [0.25, 0.3) is 5.91 Å². The van der Waals surface area contributed by atoms with E-state index in [0.717, 1.165) is 35.4 Å². The van der Waals surface area contributed by atoms with Gasteiger partial charge in [0.05, 0.1) is 16.6 Å². The lowest BCUT2D eigenvalue weighted by Crippen LogP contribution is -2.24. The summed E-state index contributed by atoms with van der Waals surface area (Å²) >= 11 is 0. The Bertz CT molecular complexity index is 613. The van der Waals surface area contributed by atoms with E-state index in [-0.39, 0.29) is 5.91 Å². The second-order valence-corrected chi connectivity index (χ2v) is 5.21. The smallest absolute Gasteiger partial charge is 0.253 e. The molecule has 1 N–H and O–H groups in total. The van der Waals surface area contributed by atoms with Crippen molar-refractivity contribution < 1.29 is 4.79 Å². The van der Waals surface area contributed by atoms with Crippen LogP contribution in [0.15, 0.2) is 18.2 Å². The molecule has 0 atom stereocenters. The molecule has 1 aliphatic rings. The maximum absolute atomic E-state index is 12.0. The molecule has 1 aliphatic heterocycles. The number of nitrogens with one attached hydrogen (secondary N) is 1. The van der Waals surface area contributed by atoms with Crippen LogP contribution >= 0.6 is 0 Å². The van der Waals surface area contributed by atoms with Crippen molar-refractivity contribution >= 4 is 16.9 Å². The van der Waals surface area contributed by atoms with Crippen molar-refractivity contribution in [2.75, 3.05) is 6.54 Å². The zero-order valence-corrected chi connectivity index (χ0v) is 10.7. The van der Waals surface area contributed by atoms with Gasteiger partial charge in [-0.15, -0.1) is 0 Å². The van der Waals surface area contributed by atoms with Crippen molar-refractivity contribution in [3.8, 4) is 0 Å². The van der Waals surface area contributed by atoms with Crippen molar-refractivity contribution in [1.29, 1.82) is 0 Å². The molecular weight excluding hydrogens is 226 g/mol. The van der Waals surface area contributed by atoms with Crippen LogP contribution in [-0.2, 0) is 13.0 Å². The minimum Gasteiger partial charge on any atom is -0.350 e. The minimum absolute atomic E-state index is 0.00958. The SMILES string of the molecule is CC(C)Cc1nc2cccc3c2n1CCNC3=O. The summed E-state index contributed by atoms with van der Waals surface area (Å²) in [5, 5.41) is 2.93. The number of nitrogens with zero attached hydrogens (tertiary/aromatic N) is 2. The molecular formula is C14H17N3O. The standard InChI is InChI=1S/C14H17N3O/c1-9(2)8-12-16-11-5-3-4-10-13(11)17(12)7-6-15-14(10)18/h3-5,9H,6-8H2,1-2H3,(H,15,18). The van der Waals surface area contributed by atoms with E-state index in [4.69, 9.17) is 0 Å². The third-order valence-corrected chi connectivity index (χ3v) is 3.30. The van der Waals surface area contributed by atoms with Gasteiger partial charge in [-0.25, -0.2) is 4.98 Å². The maximum Gasteiger partial charge on any atom is 0.253 e. The van der Waals surface area contributed by atoms with Crippen molar-refractivity contribution in [2.24, 2.45) is 5.92 Å². The van der Waals surface area contributed by atoms with Gasteiger partial charge >= 0.3 is 0 Å². The Morgan fingerprint density at radius 3 is 3.06 bits per heavy atom. The topological polar surface area (TPSA) is 46.9 Å². The maximum atomic E-state index is 12.0. The lowest BCUT2D eigenvalue weighted by atomic mass is 10.1. The quantitative estimate of drug-likeness (QED) is 0.876. The zero-order valence-electron chi connectivity index (χ0n) is 10.7. The molecule has 1 aromatic heterocycles. The third kappa shape index (κ3) is 1.68. The highest BCUT2D eigenvalue weighted by atomic mass is 16.1. The first-order chi connectivity index (χ1) is 8.66. The molecule has 0 saturated carbocycles. The molecule has 94 valence electrons. The predicted octanol–water partition coefficient (Wildman–Crippen LogP) is 1.98. The van der Waals surface area contributed by atoms with E-state index in [1.165, 1.54) is 0 Å². The Labute approximate surface area is 106 Å². The summed E-state index contributed by atoms with van der Waals surface area (Å²) < 4.78 is 2.20. The molecule has 1 aromatic carbocycles. The molecule has 4 nitrogen and oxygen atoms in total. The van der Waals surface area contributed by atoms with Gasteiger partial charge < -0.3 is 9.88 Å². The highest BCUT2D eigenvalue weighted by Gasteiger charge is 2.20. The summed E-state index contributed by atoms with van der Waals surface area (Å²) in [4.78, 5) is 16.7. The Morgan fingerprint density at radius 2 is 2.28 bits per heavy atom. The van der Waals surface area contributed by atoms with Crippen LogP contribution in [0, 0.1) is 5.92 Å². The molecule has 0 unspecified atom stereocenters. The first-order valence-electron chi connectivity index (χ1n) is 6.43. The number of carbonyl (C=O) groups is 1. The number of imidazole rings is 1. The average molecular weight is 243 g/mol. The number of carbonyl (C=O) groups excluding carboxylic acids is 1. The molecule has 3 rings (SSSR count). The van der Waals surface area contributed by atoms with Crippen molar-refractivity contribution in [3.05, 3.63) is 29.6 Å². The Morgan fingerprint density at radius 1 is 1.44 bits per heavy atom. The van der Waals surface area contributed by atoms with Crippen LogP contribution in [0.3, 0.4) is 0 Å². The summed E-state index contributed by atoms with van der Waals surface area (Å²) in [6, 6.07) is 5.76. The molecule has 18 heavy (non-hydrogen) atoms. The van der Waals surface area contributed by atoms with Crippen LogP contribution in [-0.4, -0.2) is 22.0 Å². The van der Waals surface area contributed by atoms with E-state index in [2.05, 4.69) is 28.7 Å². The van der Waals surface area contributed by atoms with Gasteiger partial charge in [0.1, 0.15) is 5.82 Å². The molecule has 0 spiro atoms. The molecule has 0 aliphatic carbocycles. The van der Waals surface area contributed by atoms with Crippen molar-refractivity contribution in [2.45, 2.75) is 26.8 Å². The van der Waals surface area contributed by atoms with Gasteiger partial charge in [-0.05, 0) is 18.1 Å². The van der Waals surface area contributed by atoms with E-state index in [9.17, 15) is 4.79 Å². The van der Waals surface area contributed by atoms with Gasteiger partial charge in [0, 0.05) is 19.5 Å². The number of rotatable bonds is 2. The van der Waals surface area contributed by atoms with Crippen LogP contribution in [0.25, 0.3) is 11.0 Å². The molecule has 1 amide bonds. The van der Waals surface area contributed by atoms with Gasteiger partial charge in [-0.2, -0.15) is 0 Å². The highest BCUT2D eigenvalue weighted by Crippen LogP contribution is 2.23. The summed E-state index contributed by atoms with van der Waals surface area (Å²) in [6.07, 6.45) is 0.947. The van der Waals surface area contributed by atoms with Gasteiger partial charge in [0.15, 0.2) is 0 Å². The molecule has 0 bridgehead atoms. The van der Waals surface area contributed by atoms with Gasteiger partial charge in [-0.3, -0.25) is 4.79 Å². The average Bonchev–Trinajstić information content (AvgIpc) is 2.55. The Balaban J connectivity index is 2.26. The van der Waals surface area contributed by atoms with Crippen molar-refractivity contribution in [1.82, 2.24) is 14.9 Å². The lowest BCUT2D eigenvalue weighted by Gasteiger charge is -2.08. The van der Waals surface area contributed by atoms with E-state index >= 15 is 0 Å². The lowest BCUT2D eigenvalue weighted by molar-refractivity contribution is 0.0956. The largest absolute Gasteiger partial charge is 0.350 e. The second kappa shape index (κ2) is 4.12. The predicted molar refractivity (Wildman–Crippen MR) is 70.6 cm³/mol. The van der Waals surface area contributed by atoms with Crippen LogP contribution in [0.4, 0.5) is 0 Å². The van der Waals surface area contributed by atoms with Crippen molar-refractivity contribution in [3.63, 3.8) is 0 Å². The fraction of sp³-hybridized carbons (Fsp3) is 0.429. The fourth-order valence-electron chi connectivity index (χ4n) is 2.56. The number of benzene rings is 1. The first kappa shape index (κ1) is 11.3. The normalized spacial score (nSPS) is 14.9. The van der Waals surface area contributed by atoms with Crippen LogP contribution in [0.5, 0.6) is 0 Å². The van der Waals surface area contributed by atoms with E-state index < -0.39 is 0 Å². The number of para-hydroxylation sites is 1. The molecule has 0 radical (unpaired) electrons. The van der Waals surface area contributed by atoms with Crippen LogP contribution in [0.2, 0.25) is 0 Å². The first-order valence-corrected chi connectivity index (χ1v) is 6.43. The second-order valence-electron chi connectivity index (χ2n) is 5.21. The van der Waals surface area contributed by atoms with Crippen LogP contribution < -0.4 is 5.32 Å². The summed E-state index contributed by atoms with van der Waals surface area (Å²) in [5.74, 6) is 1.66. The highest BCUT2D eigenvalue weighted by molar-refractivity contribution is 6.05. The molecule has 0 fully saturated rings. The zero-order chi connectivity index (χ0) is 12.7. The van der Waals surface area contributed by atoms with E-state index in [1.807, 2.05) is 18.2 Å². The fourth-order valence-corrected chi connectivity index (χ4v) is 2.56. The summed E-state index contributed by atoms with van der Waals surface area (Å²) in [6.45, 7) is 5.85. The molecule has 2 heterocycles. The minimum atomic E-state index is 0.00958. The van der Waals surface area contributed by atoms with E-state index in [0.29, 0.717) is 12.5 Å². The number of hydrogen-bond donors (Lipinski definition) is 1. The van der Waals surface area contributed by atoms with Crippen LogP contribution in [0.1, 0.15) is 30.0 Å². The van der Waals surface area contributed by atoms with Gasteiger partial charge in [-0.1, -0.05) is 19.9 Å². The summed E-state index contributed by atoms with van der Waals surface area (Å²) in [7, 11) is 0. The van der Waals surface area contributed by atoms with E-state index in [1.54, 1.807) is 0 Å². The summed E-state index contributed by atoms with van der Waals surface area (Å²) in [5.41, 5.74) is 2.66. The number of amides is 1. The number of aromatic nitrogens is 2. The molecule has 0 saturated heterocycles. The third-order valence-electron chi connectivity index (χ3n) is 3.30. The van der Waals surface area contributed by atoms with Gasteiger partial charge in [0.2, 0.25) is 0 Å². The molecule has 2 aromatic rings.